The smallest absolute Gasteiger partial charge is 0.264 e. The Morgan fingerprint density at radius 2 is 2.08 bits per heavy atom. The van der Waals surface area contributed by atoms with Crippen LogP contribution in [0.5, 0.6) is 5.75 Å². The van der Waals surface area contributed by atoms with Crippen molar-refractivity contribution in [2.45, 2.75) is 20.8 Å². The molecule has 0 atom stereocenters. The predicted molar refractivity (Wildman–Crippen MR) is 109 cm³/mol. The van der Waals surface area contributed by atoms with E-state index in [1.807, 2.05) is 45.0 Å². The molecule has 0 aliphatic carbocycles. The van der Waals surface area contributed by atoms with E-state index in [4.69, 9.17) is 16.3 Å². The molecule has 3 rings (SSSR count). The van der Waals surface area contributed by atoms with E-state index >= 15 is 0 Å². The lowest BCUT2D eigenvalue weighted by Gasteiger charge is -2.05. The average Bonchev–Trinajstić information content (AvgIpc) is 2.94. The van der Waals surface area contributed by atoms with Crippen molar-refractivity contribution in [3.05, 3.63) is 63.0 Å². The summed E-state index contributed by atoms with van der Waals surface area (Å²) in [5.41, 5.74) is 3.97. The molecule has 6 heteroatoms. The molecular formula is C20H19ClN2O2S. The van der Waals surface area contributed by atoms with Crippen LogP contribution in [0.15, 0.2) is 46.3 Å². The summed E-state index contributed by atoms with van der Waals surface area (Å²) >= 11 is 7.53. The van der Waals surface area contributed by atoms with Crippen molar-refractivity contribution in [1.29, 1.82) is 0 Å². The Hall–Kier alpha value is -2.24. The number of benzene rings is 2. The lowest BCUT2D eigenvalue weighted by molar-refractivity contribution is -0.115. The molecule has 1 heterocycles. The summed E-state index contributed by atoms with van der Waals surface area (Å²) < 4.78 is 5.43. The Labute approximate surface area is 162 Å². The monoisotopic (exact) mass is 386 g/mol. The van der Waals surface area contributed by atoms with Gasteiger partial charge in [-0.3, -0.25) is 4.79 Å². The summed E-state index contributed by atoms with van der Waals surface area (Å²) in [6, 6.07) is 11.4. The fraction of sp³-hybridized carbons (Fsp3) is 0.200. The number of nitrogens with one attached hydrogen (secondary N) is 1. The summed E-state index contributed by atoms with van der Waals surface area (Å²) in [5, 5.41) is 3.91. The molecule has 2 aromatic rings. The van der Waals surface area contributed by atoms with E-state index < -0.39 is 0 Å². The second kappa shape index (κ2) is 7.98. The molecule has 4 nitrogen and oxygen atoms in total. The molecule has 1 fully saturated rings. The van der Waals surface area contributed by atoms with Crippen LogP contribution in [0.2, 0.25) is 5.02 Å². The predicted octanol–water partition coefficient (Wildman–Crippen LogP) is 5.25. The van der Waals surface area contributed by atoms with Gasteiger partial charge in [-0.2, -0.15) is 0 Å². The summed E-state index contributed by atoms with van der Waals surface area (Å²) in [6.07, 6.45) is 1.80. The van der Waals surface area contributed by atoms with Crippen LogP contribution in [0.1, 0.15) is 23.6 Å². The van der Waals surface area contributed by atoms with Gasteiger partial charge in [-0.15, -0.1) is 0 Å². The topological polar surface area (TPSA) is 50.7 Å². The van der Waals surface area contributed by atoms with Crippen LogP contribution in [0.3, 0.4) is 0 Å². The number of halogens is 1. The van der Waals surface area contributed by atoms with E-state index in [0.29, 0.717) is 27.5 Å². The van der Waals surface area contributed by atoms with E-state index in [9.17, 15) is 4.79 Å². The standard InChI is InChI=1S/C20H19ClN2O2S/c1-4-25-17-9-8-14(10-15(17)21)11-18-19(24)23-20(26-18)22-16-7-5-6-12(2)13(16)3/h5-11H,4H2,1-3H3,(H,22,23,24)/b18-11-. The van der Waals surface area contributed by atoms with Gasteiger partial charge in [0.05, 0.1) is 22.2 Å². The van der Waals surface area contributed by atoms with Crippen molar-refractivity contribution in [3.63, 3.8) is 0 Å². The Bertz CT molecular complexity index is 922. The normalized spacial score (nSPS) is 17.0. The van der Waals surface area contributed by atoms with Crippen LogP contribution in [0, 0.1) is 13.8 Å². The van der Waals surface area contributed by atoms with E-state index in [1.165, 1.54) is 17.3 Å². The lowest BCUT2D eigenvalue weighted by Crippen LogP contribution is -2.19. The SMILES string of the molecule is CCOc1ccc(/C=C2\SC(=Nc3cccc(C)c3C)NC2=O)cc1Cl. The fourth-order valence-electron chi connectivity index (χ4n) is 2.48. The number of rotatable bonds is 4. The third-order valence-electron chi connectivity index (χ3n) is 4.00. The highest BCUT2D eigenvalue weighted by molar-refractivity contribution is 8.18. The second-order valence-corrected chi connectivity index (χ2v) is 7.26. The first-order valence-electron chi connectivity index (χ1n) is 8.26. The molecule has 134 valence electrons. The van der Waals surface area contributed by atoms with Crippen LogP contribution in [-0.2, 0) is 4.79 Å². The quantitative estimate of drug-likeness (QED) is 0.730. The van der Waals surface area contributed by atoms with Crippen LogP contribution in [0.25, 0.3) is 6.08 Å². The Kier molecular flexibility index (Phi) is 5.69. The van der Waals surface area contributed by atoms with Gasteiger partial charge in [-0.1, -0.05) is 29.8 Å². The number of aryl methyl sites for hydroxylation is 1. The number of hydrogen-bond acceptors (Lipinski definition) is 4. The molecule has 0 spiro atoms. The highest BCUT2D eigenvalue weighted by Crippen LogP contribution is 2.31. The van der Waals surface area contributed by atoms with Gasteiger partial charge in [0.1, 0.15) is 5.75 Å². The minimum absolute atomic E-state index is 0.163. The van der Waals surface area contributed by atoms with E-state index in [1.54, 1.807) is 18.2 Å². The van der Waals surface area contributed by atoms with E-state index in [2.05, 4.69) is 10.3 Å². The molecule has 1 aliphatic heterocycles. The number of carbonyl (C=O) groups excluding carboxylic acids is 1. The van der Waals surface area contributed by atoms with Crippen LogP contribution in [-0.4, -0.2) is 17.7 Å². The number of thioether (sulfide) groups is 1. The Morgan fingerprint density at radius 1 is 1.27 bits per heavy atom. The maximum atomic E-state index is 12.2. The molecule has 1 saturated heterocycles. The molecule has 0 unspecified atom stereocenters. The molecule has 1 aliphatic rings. The van der Waals surface area contributed by atoms with Gasteiger partial charge >= 0.3 is 0 Å². The maximum absolute atomic E-state index is 12.2. The zero-order valence-corrected chi connectivity index (χ0v) is 16.4. The van der Waals surface area contributed by atoms with Crippen molar-refractivity contribution in [2.75, 3.05) is 6.61 Å². The molecule has 2 aromatic carbocycles. The van der Waals surface area contributed by atoms with Crippen LogP contribution in [0.4, 0.5) is 5.69 Å². The van der Waals surface area contributed by atoms with Gasteiger partial charge < -0.3 is 10.1 Å². The van der Waals surface area contributed by atoms with Gasteiger partial charge in [0.25, 0.3) is 5.91 Å². The number of amidine groups is 1. The molecule has 0 aromatic heterocycles. The van der Waals surface area contributed by atoms with E-state index in [0.717, 1.165) is 16.8 Å². The number of aliphatic imine (C=N–C) groups is 1. The first kappa shape index (κ1) is 18.5. The minimum atomic E-state index is -0.163. The third kappa shape index (κ3) is 4.11. The van der Waals surface area contributed by atoms with Gasteiger partial charge in [0.2, 0.25) is 0 Å². The summed E-state index contributed by atoms with van der Waals surface area (Å²) in [6.45, 7) is 6.52. The largest absolute Gasteiger partial charge is 0.492 e. The lowest BCUT2D eigenvalue weighted by atomic mass is 10.1. The molecular weight excluding hydrogens is 368 g/mol. The zero-order valence-electron chi connectivity index (χ0n) is 14.8. The highest BCUT2D eigenvalue weighted by atomic mass is 35.5. The average molecular weight is 387 g/mol. The van der Waals surface area contributed by atoms with Crippen molar-refractivity contribution in [2.24, 2.45) is 4.99 Å². The van der Waals surface area contributed by atoms with Gasteiger partial charge in [-0.25, -0.2) is 4.99 Å². The Morgan fingerprint density at radius 3 is 2.81 bits per heavy atom. The van der Waals surface area contributed by atoms with Crippen molar-refractivity contribution in [1.82, 2.24) is 5.32 Å². The molecule has 26 heavy (non-hydrogen) atoms. The van der Waals surface area contributed by atoms with Crippen LogP contribution < -0.4 is 10.1 Å². The number of hydrogen-bond donors (Lipinski definition) is 1. The van der Waals surface area contributed by atoms with Gasteiger partial charge in [-0.05, 0) is 73.5 Å². The van der Waals surface area contributed by atoms with Crippen molar-refractivity contribution >= 4 is 46.2 Å². The molecule has 0 radical (unpaired) electrons. The first-order valence-corrected chi connectivity index (χ1v) is 9.45. The molecule has 1 amide bonds. The van der Waals surface area contributed by atoms with E-state index in [-0.39, 0.29) is 5.91 Å². The number of ether oxygens (including phenoxy) is 1. The fourth-order valence-corrected chi connectivity index (χ4v) is 3.56. The van der Waals surface area contributed by atoms with Crippen molar-refractivity contribution in [3.8, 4) is 5.75 Å². The van der Waals surface area contributed by atoms with Crippen LogP contribution >= 0.6 is 23.4 Å². The number of carbonyl (C=O) groups is 1. The highest BCUT2D eigenvalue weighted by Gasteiger charge is 2.24. The van der Waals surface area contributed by atoms with Gasteiger partial charge in [0.15, 0.2) is 5.17 Å². The second-order valence-electron chi connectivity index (χ2n) is 5.82. The maximum Gasteiger partial charge on any atom is 0.264 e. The van der Waals surface area contributed by atoms with Gasteiger partial charge in [0, 0.05) is 0 Å². The summed E-state index contributed by atoms with van der Waals surface area (Å²) in [7, 11) is 0. The molecule has 0 saturated carbocycles. The molecule has 0 bridgehead atoms. The number of amides is 1. The summed E-state index contributed by atoms with van der Waals surface area (Å²) in [4.78, 5) is 17.4. The minimum Gasteiger partial charge on any atom is -0.492 e. The molecule has 1 N–H and O–H groups in total. The number of nitrogens with zero attached hydrogens (tertiary/aromatic N) is 1. The first-order chi connectivity index (χ1) is 12.5. The van der Waals surface area contributed by atoms with Crippen molar-refractivity contribution < 1.29 is 9.53 Å². The third-order valence-corrected chi connectivity index (χ3v) is 5.21. The zero-order chi connectivity index (χ0) is 18.7. The Balaban J connectivity index is 1.83. The summed E-state index contributed by atoms with van der Waals surface area (Å²) in [5.74, 6) is 0.473.